The van der Waals surface area contributed by atoms with E-state index in [-0.39, 0.29) is 18.5 Å². The molecule has 0 radical (unpaired) electrons. The molecule has 9 nitrogen and oxygen atoms in total. The summed E-state index contributed by atoms with van der Waals surface area (Å²) >= 11 is 0. The average molecular weight is 426 g/mol. The minimum Gasteiger partial charge on any atom is -0.447 e. The molecule has 1 N–H and O–H groups in total. The minimum absolute atomic E-state index is 0.204. The summed E-state index contributed by atoms with van der Waals surface area (Å²) in [6, 6.07) is 6.09. The van der Waals surface area contributed by atoms with Gasteiger partial charge >= 0.3 is 12.2 Å². The lowest BCUT2D eigenvalue weighted by Crippen LogP contribution is -2.40. The van der Waals surface area contributed by atoms with Gasteiger partial charge in [-0.3, -0.25) is 14.6 Å². The Kier molecular flexibility index (Phi) is 4.49. The Labute approximate surface area is 176 Å². The van der Waals surface area contributed by atoms with Crippen molar-refractivity contribution in [2.75, 3.05) is 29.5 Å². The summed E-state index contributed by atoms with van der Waals surface area (Å²) in [5, 5.41) is 2.67. The number of anilines is 2. The van der Waals surface area contributed by atoms with E-state index >= 15 is 0 Å². The highest BCUT2D eigenvalue weighted by Crippen LogP contribution is 2.41. The third-order valence-corrected chi connectivity index (χ3v) is 5.72. The number of nitrogens with one attached hydrogen (secondary N) is 1. The highest BCUT2D eigenvalue weighted by Gasteiger charge is 2.47. The van der Waals surface area contributed by atoms with E-state index in [1.54, 1.807) is 18.2 Å². The molecule has 3 amide bonds. The molecule has 0 saturated carbocycles. The molecule has 3 aliphatic heterocycles. The number of rotatable bonds is 4. The van der Waals surface area contributed by atoms with Crippen molar-refractivity contribution in [2.24, 2.45) is 0 Å². The van der Waals surface area contributed by atoms with Crippen molar-refractivity contribution in [3.63, 3.8) is 0 Å². The van der Waals surface area contributed by atoms with Crippen LogP contribution in [0.5, 0.6) is 0 Å². The van der Waals surface area contributed by atoms with E-state index in [0.717, 1.165) is 5.56 Å². The predicted octanol–water partition coefficient (Wildman–Crippen LogP) is 2.23. The number of ether oxygens (including phenoxy) is 2. The van der Waals surface area contributed by atoms with Gasteiger partial charge in [-0.05, 0) is 36.2 Å². The number of amides is 3. The molecule has 31 heavy (non-hydrogen) atoms. The van der Waals surface area contributed by atoms with Gasteiger partial charge in [-0.2, -0.15) is 0 Å². The van der Waals surface area contributed by atoms with E-state index in [9.17, 15) is 18.8 Å². The Balaban J connectivity index is 1.41. The van der Waals surface area contributed by atoms with E-state index in [0.29, 0.717) is 42.2 Å². The molecule has 0 spiro atoms. The highest BCUT2D eigenvalue weighted by molar-refractivity contribution is 5.94. The number of carbonyl (C=O) groups is 3. The summed E-state index contributed by atoms with van der Waals surface area (Å²) in [7, 11) is 0. The SMILES string of the molecule is CC(=O)NC[C@@H]1OC(=O)N2c3cc(F)c(-c4ccc(N5CCOC5=O)nc4)cc3C[C@@H]12. The number of hydrogen-bond donors (Lipinski definition) is 1. The number of halogens is 1. The molecule has 160 valence electrons. The fourth-order valence-electron chi connectivity index (χ4n) is 4.24. The highest BCUT2D eigenvalue weighted by atomic mass is 19.1. The number of cyclic esters (lactones) is 2. The Morgan fingerprint density at radius 1 is 1.29 bits per heavy atom. The van der Waals surface area contributed by atoms with Crippen molar-refractivity contribution in [1.29, 1.82) is 0 Å². The quantitative estimate of drug-likeness (QED) is 0.805. The number of fused-ring (bicyclic) bond motifs is 3. The van der Waals surface area contributed by atoms with Gasteiger partial charge in [0.15, 0.2) is 0 Å². The molecule has 2 aromatic rings. The molecule has 2 atom stereocenters. The third kappa shape index (κ3) is 3.24. The first-order valence-electron chi connectivity index (χ1n) is 9.90. The molecule has 5 rings (SSSR count). The van der Waals surface area contributed by atoms with Gasteiger partial charge in [-0.1, -0.05) is 0 Å². The van der Waals surface area contributed by atoms with Gasteiger partial charge in [0.1, 0.15) is 24.3 Å². The summed E-state index contributed by atoms with van der Waals surface area (Å²) < 4.78 is 25.2. The molecule has 0 unspecified atom stereocenters. The number of benzene rings is 1. The van der Waals surface area contributed by atoms with Crippen LogP contribution >= 0.6 is 0 Å². The Bertz CT molecular complexity index is 1090. The van der Waals surface area contributed by atoms with Gasteiger partial charge in [0.05, 0.1) is 24.8 Å². The summed E-state index contributed by atoms with van der Waals surface area (Å²) in [4.78, 5) is 42.4. The predicted molar refractivity (Wildman–Crippen MR) is 107 cm³/mol. The monoisotopic (exact) mass is 426 g/mol. The normalized spacial score (nSPS) is 21.6. The van der Waals surface area contributed by atoms with E-state index in [1.165, 1.54) is 29.0 Å². The Morgan fingerprint density at radius 2 is 2.13 bits per heavy atom. The van der Waals surface area contributed by atoms with Crippen molar-refractivity contribution >= 4 is 29.6 Å². The zero-order chi connectivity index (χ0) is 21.7. The maximum absolute atomic E-state index is 15.0. The van der Waals surface area contributed by atoms with Crippen LogP contribution in [0.2, 0.25) is 0 Å². The molecular formula is C21H19FN4O5. The maximum Gasteiger partial charge on any atom is 0.415 e. The second-order valence-corrected chi connectivity index (χ2v) is 7.63. The molecule has 3 aliphatic rings. The van der Waals surface area contributed by atoms with E-state index in [4.69, 9.17) is 9.47 Å². The second-order valence-electron chi connectivity index (χ2n) is 7.63. The topological polar surface area (TPSA) is 101 Å². The molecule has 4 heterocycles. The van der Waals surface area contributed by atoms with Crippen molar-refractivity contribution in [3.05, 3.63) is 41.8 Å². The standard InChI is InChI=1S/C21H19FN4O5/c1-11(27)23-10-18-17-7-13-6-14(15(22)8-16(13)26(17)21(29)31-18)12-2-3-19(24-9-12)25-4-5-30-20(25)28/h2-3,6,8-9,17-18H,4-5,7,10H2,1H3,(H,23,27)/t17-,18-/m0/s1. The van der Waals surface area contributed by atoms with Gasteiger partial charge in [0, 0.05) is 24.2 Å². The van der Waals surface area contributed by atoms with E-state index in [1.807, 2.05) is 0 Å². The first kappa shape index (κ1) is 19.3. The van der Waals surface area contributed by atoms with Crippen LogP contribution in [0, 0.1) is 5.82 Å². The van der Waals surface area contributed by atoms with Crippen LogP contribution in [0.15, 0.2) is 30.5 Å². The lowest BCUT2D eigenvalue weighted by atomic mass is 10.00. The zero-order valence-electron chi connectivity index (χ0n) is 16.6. The summed E-state index contributed by atoms with van der Waals surface area (Å²) in [5.41, 5.74) is 2.21. The summed E-state index contributed by atoms with van der Waals surface area (Å²) in [6.45, 7) is 2.33. The maximum atomic E-state index is 15.0. The third-order valence-electron chi connectivity index (χ3n) is 5.72. The van der Waals surface area contributed by atoms with Crippen LogP contribution < -0.4 is 15.1 Å². The van der Waals surface area contributed by atoms with Crippen LogP contribution in [0.3, 0.4) is 0 Å². The lowest BCUT2D eigenvalue weighted by Gasteiger charge is -2.16. The molecule has 1 aromatic carbocycles. The minimum atomic E-state index is -0.547. The van der Waals surface area contributed by atoms with Gasteiger partial charge in [0.2, 0.25) is 5.91 Å². The van der Waals surface area contributed by atoms with Gasteiger partial charge in [-0.15, -0.1) is 0 Å². The van der Waals surface area contributed by atoms with Crippen LogP contribution in [0.25, 0.3) is 11.1 Å². The Hall–Kier alpha value is -3.69. The second kappa shape index (κ2) is 7.22. The van der Waals surface area contributed by atoms with Crippen LogP contribution in [-0.4, -0.2) is 54.9 Å². The molecule has 0 bridgehead atoms. The van der Waals surface area contributed by atoms with E-state index in [2.05, 4.69) is 10.3 Å². The largest absolute Gasteiger partial charge is 0.447 e. The first-order valence-corrected chi connectivity index (χ1v) is 9.90. The van der Waals surface area contributed by atoms with Gasteiger partial charge in [0.25, 0.3) is 0 Å². The van der Waals surface area contributed by atoms with Crippen LogP contribution in [0.4, 0.5) is 25.5 Å². The first-order chi connectivity index (χ1) is 14.9. The number of nitrogens with zero attached hydrogens (tertiary/aromatic N) is 3. The van der Waals surface area contributed by atoms with E-state index < -0.39 is 24.1 Å². The number of hydrogen-bond acceptors (Lipinski definition) is 6. The molecule has 0 aliphatic carbocycles. The fraction of sp³-hybridized carbons (Fsp3) is 0.333. The van der Waals surface area contributed by atoms with Gasteiger partial charge < -0.3 is 14.8 Å². The molecule has 2 fully saturated rings. The molecule has 1 aromatic heterocycles. The number of carbonyl (C=O) groups excluding carboxylic acids is 3. The van der Waals surface area contributed by atoms with Crippen molar-refractivity contribution in [2.45, 2.75) is 25.5 Å². The fourth-order valence-corrected chi connectivity index (χ4v) is 4.24. The summed E-state index contributed by atoms with van der Waals surface area (Å²) in [6.07, 6.45) is 0.496. The van der Waals surface area contributed by atoms with Crippen molar-refractivity contribution < 1.29 is 28.2 Å². The zero-order valence-corrected chi connectivity index (χ0v) is 16.6. The average Bonchev–Trinajstić information content (AvgIpc) is 3.41. The molecule has 10 heteroatoms. The number of pyridine rings is 1. The number of aromatic nitrogens is 1. The van der Waals surface area contributed by atoms with Crippen LogP contribution in [-0.2, 0) is 20.7 Å². The van der Waals surface area contributed by atoms with Crippen molar-refractivity contribution in [1.82, 2.24) is 10.3 Å². The molecule has 2 saturated heterocycles. The lowest BCUT2D eigenvalue weighted by molar-refractivity contribution is -0.119. The van der Waals surface area contributed by atoms with Crippen molar-refractivity contribution in [3.8, 4) is 11.1 Å². The van der Waals surface area contributed by atoms with Crippen LogP contribution in [0.1, 0.15) is 12.5 Å². The van der Waals surface area contributed by atoms with Gasteiger partial charge in [-0.25, -0.2) is 19.0 Å². The smallest absolute Gasteiger partial charge is 0.415 e. The Morgan fingerprint density at radius 3 is 2.81 bits per heavy atom. The molecular weight excluding hydrogens is 407 g/mol. The summed E-state index contributed by atoms with van der Waals surface area (Å²) in [5.74, 6) is -0.263.